The number of aliphatic hydroxyl groups excluding tert-OH is 3. The van der Waals surface area contributed by atoms with Crippen LogP contribution in [0.4, 0.5) is 0 Å². The molecule has 5 unspecified atom stereocenters. The Morgan fingerprint density at radius 2 is 1.68 bits per heavy atom. The summed E-state index contributed by atoms with van der Waals surface area (Å²) in [6.07, 6.45) is 5.53. The maximum atomic E-state index is 11.6. The van der Waals surface area contributed by atoms with Crippen LogP contribution in [0.25, 0.3) is 0 Å². The van der Waals surface area contributed by atoms with Crippen LogP contribution in [0.2, 0.25) is 0 Å². The first-order valence-corrected chi connectivity index (χ1v) is 12.8. The van der Waals surface area contributed by atoms with E-state index in [4.69, 9.17) is 4.74 Å². The Hall–Kier alpha value is -1.08. The zero-order valence-corrected chi connectivity index (χ0v) is 19.8. The molecule has 176 valence electrons. The molecule has 6 heteroatoms. The van der Waals surface area contributed by atoms with Crippen LogP contribution in [0, 0.1) is 11.8 Å². The number of rotatable bonds is 14. The van der Waals surface area contributed by atoms with Crippen molar-refractivity contribution in [3.05, 3.63) is 30.3 Å². The topological polar surface area (TPSA) is 87.0 Å². The van der Waals surface area contributed by atoms with E-state index in [-0.39, 0.29) is 23.9 Å². The number of hydrogen-bond acceptors (Lipinski definition) is 6. The van der Waals surface area contributed by atoms with Crippen molar-refractivity contribution in [3.63, 3.8) is 0 Å². The van der Waals surface area contributed by atoms with Crippen molar-refractivity contribution in [3.8, 4) is 0 Å². The van der Waals surface area contributed by atoms with Gasteiger partial charge in [0.1, 0.15) is 0 Å². The molecule has 2 rings (SSSR count). The van der Waals surface area contributed by atoms with E-state index in [1.807, 2.05) is 44.2 Å². The summed E-state index contributed by atoms with van der Waals surface area (Å²) in [6.45, 7) is 3.72. The Balaban J connectivity index is 1.65. The largest absolute Gasteiger partial charge is 0.463 e. The predicted octanol–water partition coefficient (Wildman–Crippen LogP) is 4.57. The minimum absolute atomic E-state index is 0.0485. The van der Waals surface area contributed by atoms with Gasteiger partial charge >= 0.3 is 5.97 Å². The second-order valence-electron chi connectivity index (χ2n) is 9.04. The van der Waals surface area contributed by atoms with Crippen LogP contribution in [0.5, 0.6) is 0 Å². The van der Waals surface area contributed by atoms with Gasteiger partial charge in [-0.2, -0.15) is 0 Å². The molecule has 3 N–H and O–H groups in total. The normalized spacial score (nSPS) is 24.5. The molecule has 1 fully saturated rings. The van der Waals surface area contributed by atoms with E-state index in [0.29, 0.717) is 25.0 Å². The van der Waals surface area contributed by atoms with Gasteiger partial charge in [0.2, 0.25) is 0 Å². The molecule has 0 aliphatic heterocycles. The third-order valence-corrected chi connectivity index (χ3v) is 7.23. The van der Waals surface area contributed by atoms with Crippen molar-refractivity contribution >= 4 is 17.7 Å². The zero-order valence-electron chi connectivity index (χ0n) is 19.0. The number of hydrogen-bond donors (Lipinski definition) is 3. The SMILES string of the molecule is CC(C)OC(=O)CCCCCCC1C(O)CC(O)C1CCC(O)CSc1ccccc1. The number of esters is 1. The van der Waals surface area contributed by atoms with E-state index in [9.17, 15) is 20.1 Å². The average Bonchev–Trinajstić information content (AvgIpc) is 3.00. The van der Waals surface area contributed by atoms with Crippen molar-refractivity contribution in [1.82, 2.24) is 0 Å². The number of carbonyl (C=O) groups is 1. The highest BCUT2D eigenvalue weighted by Gasteiger charge is 2.40. The van der Waals surface area contributed by atoms with Crippen LogP contribution < -0.4 is 0 Å². The Morgan fingerprint density at radius 3 is 2.35 bits per heavy atom. The summed E-state index contributed by atoms with van der Waals surface area (Å²) in [5.74, 6) is 0.648. The maximum absolute atomic E-state index is 11.6. The monoisotopic (exact) mass is 452 g/mol. The summed E-state index contributed by atoms with van der Waals surface area (Å²) in [5, 5.41) is 31.2. The number of thioether (sulfide) groups is 1. The van der Waals surface area contributed by atoms with Crippen LogP contribution >= 0.6 is 11.8 Å². The number of carbonyl (C=O) groups excluding carboxylic acids is 1. The number of unbranched alkanes of at least 4 members (excludes halogenated alkanes) is 3. The van der Waals surface area contributed by atoms with Gasteiger partial charge in [0.05, 0.1) is 24.4 Å². The quantitative estimate of drug-likeness (QED) is 0.218. The van der Waals surface area contributed by atoms with Gasteiger partial charge in [-0.1, -0.05) is 37.5 Å². The lowest BCUT2D eigenvalue weighted by Crippen LogP contribution is -2.24. The van der Waals surface area contributed by atoms with E-state index in [1.165, 1.54) is 0 Å². The third kappa shape index (κ3) is 9.94. The lowest BCUT2D eigenvalue weighted by molar-refractivity contribution is -0.147. The minimum Gasteiger partial charge on any atom is -0.463 e. The molecule has 0 saturated heterocycles. The fourth-order valence-electron chi connectivity index (χ4n) is 4.48. The highest BCUT2D eigenvalue weighted by Crippen LogP contribution is 2.39. The zero-order chi connectivity index (χ0) is 22.6. The van der Waals surface area contributed by atoms with E-state index in [2.05, 4.69) is 0 Å². The van der Waals surface area contributed by atoms with Crippen LogP contribution in [-0.4, -0.2) is 51.5 Å². The molecule has 1 aromatic carbocycles. The van der Waals surface area contributed by atoms with Gasteiger partial charge in [-0.25, -0.2) is 0 Å². The molecule has 0 radical (unpaired) electrons. The van der Waals surface area contributed by atoms with Gasteiger partial charge in [-0.15, -0.1) is 11.8 Å². The summed E-state index contributed by atoms with van der Waals surface area (Å²) in [7, 11) is 0. The molecule has 1 aromatic rings. The van der Waals surface area contributed by atoms with E-state index in [0.717, 1.165) is 43.4 Å². The molecule has 5 nitrogen and oxygen atoms in total. The number of ether oxygens (including phenoxy) is 1. The van der Waals surface area contributed by atoms with Gasteiger partial charge in [0, 0.05) is 17.1 Å². The fourth-order valence-corrected chi connectivity index (χ4v) is 5.38. The molecule has 31 heavy (non-hydrogen) atoms. The van der Waals surface area contributed by atoms with Crippen LogP contribution in [-0.2, 0) is 9.53 Å². The molecule has 1 saturated carbocycles. The first-order chi connectivity index (χ1) is 14.9. The summed E-state index contributed by atoms with van der Waals surface area (Å²) in [4.78, 5) is 12.7. The van der Waals surface area contributed by atoms with Crippen molar-refractivity contribution in [2.24, 2.45) is 11.8 Å². The second-order valence-corrected chi connectivity index (χ2v) is 10.1. The van der Waals surface area contributed by atoms with Gasteiger partial charge < -0.3 is 20.1 Å². The molecule has 0 spiro atoms. The molecule has 1 aliphatic rings. The molecule has 0 amide bonds. The second kappa shape index (κ2) is 14.1. The molecular weight excluding hydrogens is 412 g/mol. The standard InChI is InChI=1S/C25H40O5S/c1-18(2)30-25(29)13-9-4-3-8-12-21-22(24(28)16-23(21)27)15-14-19(26)17-31-20-10-6-5-7-11-20/h5-7,10-11,18-19,21-24,26-28H,3-4,8-9,12-17H2,1-2H3. The molecule has 1 aliphatic carbocycles. The smallest absolute Gasteiger partial charge is 0.306 e. The van der Waals surface area contributed by atoms with Gasteiger partial charge in [-0.05, 0) is 69.9 Å². The fraction of sp³-hybridized carbons (Fsp3) is 0.720. The summed E-state index contributed by atoms with van der Waals surface area (Å²) < 4.78 is 5.14. The van der Waals surface area contributed by atoms with Crippen molar-refractivity contribution in [2.75, 3.05) is 5.75 Å². The first-order valence-electron chi connectivity index (χ1n) is 11.8. The van der Waals surface area contributed by atoms with Crippen LogP contribution in [0.15, 0.2) is 35.2 Å². The molecule has 0 bridgehead atoms. The lowest BCUT2D eigenvalue weighted by Gasteiger charge is -2.24. The van der Waals surface area contributed by atoms with Crippen molar-refractivity contribution < 1.29 is 24.9 Å². The van der Waals surface area contributed by atoms with Gasteiger partial charge in [0.15, 0.2) is 0 Å². The Morgan fingerprint density at radius 1 is 1.03 bits per heavy atom. The highest BCUT2D eigenvalue weighted by molar-refractivity contribution is 7.99. The van der Waals surface area contributed by atoms with Gasteiger partial charge in [0.25, 0.3) is 0 Å². The Kier molecular flexibility index (Phi) is 11.9. The summed E-state index contributed by atoms with van der Waals surface area (Å²) >= 11 is 1.64. The molecule has 5 atom stereocenters. The number of benzene rings is 1. The Bertz CT molecular complexity index is 624. The van der Waals surface area contributed by atoms with Crippen molar-refractivity contribution in [1.29, 1.82) is 0 Å². The highest BCUT2D eigenvalue weighted by atomic mass is 32.2. The average molecular weight is 453 g/mol. The first kappa shape index (κ1) is 26.2. The van der Waals surface area contributed by atoms with E-state index >= 15 is 0 Å². The lowest BCUT2D eigenvalue weighted by atomic mass is 9.85. The van der Waals surface area contributed by atoms with Gasteiger partial charge in [-0.3, -0.25) is 4.79 Å². The maximum Gasteiger partial charge on any atom is 0.306 e. The predicted molar refractivity (Wildman–Crippen MR) is 125 cm³/mol. The summed E-state index contributed by atoms with van der Waals surface area (Å²) in [5.41, 5.74) is 0. The third-order valence-electron chi connectivity index (χ3n) is 6.08. The molecular formula is C25H40O5S. The minimum atomic E-state index is -0.486. The molecule has 0 aromatic heterocycles. The molecule has 0 heterocycles. The Labute approximate surface area is 191 Å². The van der Waals surface area contributed by atoms with Crippen LogP contribution in [0.1, 0.15) is 71.6 Å². The van der Waals surface area contributed by atoms with E-state index < -0.39 is 18.3 Å². The van der Waals surface area contributed by atoms with Crippen molar-refractivity contribution in [2.45, 2.75) is 101 Å². The summed E-state index contributed by atoms with van der Waals surface area (Å²) in [6, 6.07) is 10.0. The van der Waals surface area contributed by atoms with Crippen LogP contribution in [0.3, 0.4) is 0 Å². The van der Waals surface area contributed by atoms with E-state index in [1.54, 1.807) is 11.8 Å². The number of aliphatic hydroxyl groups is 3.